The third kappa shape index (κ3) is 4.68. The molecule has 0 aromatic carbocycles. The molecule has 1 amide bonds. The molecule has 1 aromatic heterocycles. The fraction of sp³-hybridized carbons (Fsp3) is 0.545. The van der Waals surface area contributed by atoms with Crippen LogP contribution in [0.3, 0.4) is 0 Å². The number of aliphatic hydroxyl groups is 1. The third-order valence-electron chi connectivity index (χ3n) is 2.47. The van der Waals surface area contributed by atoms with Crippen molar-refractivity contribution >= 4 is 11.8 Å². The number of nitro groups is 1. The fourth-order valence-corrected chi connectivity index (χ4v) is 1.32. The summed E-state index contributed by atoms with van der Waals surface area (Å²) < 4.78 is 9.57. The largest absolute Gasteiger partial charge is 0.433 e. The Morgan fingerprint density at radius 2 is 2.32 bits per heavy atom. The molecule has 1 rings (SSSR count). The Hall–Kier alpha value is -1.93. The van der Waals surface area contributed by atoms with Gasteiger partial charge in [0.05, 0.1) is 11.7 Å². The predicted molar refractivity (Wildman–Crippen MR) is 64.8 cm³/mol. The maximum atomic E-state index is 11.6. The lowest BCUT2D eigenvalue weighted by atomic mass is 10.0. The molecule has 0 radical (unpaired) electrons. The molecule has 0 spiro atoms. The molecule has 1 atom stereocenters. The van der Waals surface area contributed by atoms with E-state index in [1.54, 1.807) is 6.92 Å². The lowest BCUT2D eigenvalue weighted by Crippen LogP contribution is -2.41. The van der Waals surface area contributed by atoms with Crippen LogP contribution in [-0.4, -0.2) is 41.8 Å². The van der Waals surface area contributed by atoms with Crippen LogP contribution in [-0.2, 0) is 4.74 Å². The molecule has 1 aromatic rings. The summed E-state index contributed by atoms with van der Waals surface area (Å²) in [4.78, 5) is 21.3. The van der Waals surface area contributed by atoms with Gasteiger partial charge in [0.25, 0.3) is 5.91 Å². The van der Waals surface area contributed by atoms with Gasteiger partial charge in [-0.05, 0) is 13.0 Å². The highest BCUT2D eigenvalue weighted by Crippen LogP contribution is 2.15. The predicted octanol–water partition coefficient (Wildman–Crippen LogP) is 0.705. The van der Waals surface area contributed by atoms with Crippen LogP contribution in [0.25, 0.3) is 0 Å². The molecule has 0 saturated heterocycles. The summed E-state index contributed by atoms with van der Waals surface area (Å²) in [6, 6.07) is 2.30. The van der Waals surface area contributed by atoms with Gasteiger partial charge in [-0.1, -0.05) is 0 Å². The summed E-state index contributed by atoms with van der Waals surface area (Å²) in [5, 5.41) is 22.7. The minimum Gasteiger partial charge on any atom is -0.395 e. The van der Waals surface area contributed by atoms with E-state index >= 15 is 0 Å². The van der Waals surface area contributed by atoms with Crippen LogP contribution < -0.4 is 5.32 Å². The lowest BCUT2D eigenvalue weighted by Gasteiger charge is -2.22. The number of amides is 1. The maximum Gasteiger partial charge on any atom is 0.433 e. The number of hydrogen-bond acceptors (Lipinski definition) is 6. The molecule has 0 fully saturated rings. The fourth-order valence-electron chi connectivity index (χ4n) is 1.32. The van der Waals surface area contributed by atoms with E-state index < -0.39 is 22.3 Å². The first-order valence-corrected chi connectivity index (χ1v) is 5.59. The molecule has 1 unspecified atom stereocenters. The van der Waals surface area contributed by atoms with E-state index in [9.17, 15) is 20.0 Å². The van der Waals surface area contributed by atoms with Crippen molar-refractivity contribution in [1.82, 2.24) is 5.32 Å². The van der Waals surface area contributed by atoms with E-state index in [4.69, 9.17) is 9.15 Å². The van der Waals surface area contributed by atoms with Crippen LogP contribution in [0.1, 0.15) is 23.9 Å². The Bertz CT molecular complexity index is 454. The highest BCUT2D eigenvalue weighted by atomic mass is 16.6. The van der Waals surface area contributed by atoms with Crippen LogP contribution in [0.5, 0.6) is 0 Å². The first kappa shape index (κ1) is 15.1. The van der Waals surface area contributed by atoms with E-state index in [0.717, 1.165) is 6.07 Å². The number of ether oxygens (including phenoxy) is 1. The summed E-state index contributed by atoms with van der Waals surface area (Å²) in [7, 11) is 1.51. The number of hydrogen-bond donors (Lipinski definition) is 2. The second-order valence-electron chi connectivity index (χ2n) is 4.32. The molecule has 0 bridgehead atoms. The van der Waals surface area contributed by atoms with E-state index in [2.05, 4.69) is 5.32 Å². The van der Waals surface area contributed by atoms with Gasteiger partial charge in [0.15, 0.2) is 5.76 Å². The number of nitrogens with zero attached hydrogens (tertiary/aromatic N) is 1. The van der Waals surface area contributed by atoms with Crippen molar-refractivity contribution in [3.63, 3.8) is 0 Å². The number of rotatable bonds is 7. The van der Waals surface area contributed by atoms with Gasteiger partial charge in [0, 0.05) is 26.7 Å². The molecule has 0 aliphatic carbocycles. The average molecular weight is 272 g/mol. The SMILES string of the molecule is COCCC(C)(O)CNC(=O)c1ccc([N+](=O)[O-])o1. The molecule has 8 nitrogen and oxygen atoms in total. The summed E-state index contributed by atoms with van der Waals surface area (Å²) in [6.45, 7) is 1.90. The van der Waals surface area contributed by atoms with Gasteiger partial charge in [-0.15, -0.1) is 0 Å². The monoisotopic (exact) mass is 272 g/mol. The summed E-state index contributed by atoms with van der Waals surface area (Å²) in [5.74, 6) is -1.30. The normalized spacial score (nSPS) is 13.8. The zero-order valence-corrected chi connectivity index (χ0v) is 10.7. The van der Waals surface area contributed by atoms with E-state index in [0.29, 0.717) is 13.0 Å². The molecule has 19 heavy (non-hydrogen) atoms. The standard InChI is InChI=1S/C11H16N2O6/c1-11(15,5-6-18-2)7-12-10(14)8-3-4-9(19-8)13(16)17/h3-4,15H,5-7H2,1-2H3,(H,12,14). The van der Waals surface area contributed by atoms with Gasteiger partial charge < -0.3 is 19.6 Å². The zero-order chi connectivity index (χ0) is 14.5. The topological polar surface area (TPSA) is 115 Å². The van der Waals surface area contributed by atoms with Crippen molar-refractivity contribution < 1.29 is 24.0 Å². The smallest absolute Gasteiger partial charge is 0.395 e. The van der Waals surface area contributed by atoms with E-state index in [-0.39, 0.29) is 12.3 Å². The van der Waals surface area contributed by atoms with Crippen molar-refractivity contribution in [1.29, 1.82) is 0 Å². The second-order valence-corrected chi connectivity index (χ2v) is 4.32. The van der Waals surface area contributed by atoms with Crippen LogP contribution in [0, 0.1) is 10.1 Å². The number of carbonyl (C=O) groups is 1. The average Bonchev–Trinajstić information content (AvgIpc) is 2.83. The minimum absolute atomic E-state index is 0.0102. The van der Waals surface area contributed by atoms with Gasteiger partial charge in [-0.2, -0.15) is 0 Å². The Labute approximate surface area is 109 Å². The van der Waals surface area contributed by atoms with Crippen LogP contribution in [0.4, 0.5) is 5.88 Å². The number of carbonyl (C=O) groups excluding carboxylic acids is 1. The lowest BCUT2D eigenvalue weighted by molar-refractivity contribution is -0.402. The molecule has 0 aliphatic rings. The molecule has 2 N–H and O–H groups in total. The molecule has 106 valence electrons. The third-order valence-corrected chi connectivity index (χ3v) is 2.47. The van der Waals surface area contributed by atoms with Gasteiger partial charge in [0.2, 0.25) is 0 Å². The van der Waals surface area contributed by atoms with Gasteiger partial charge >= 0.3 is 5.88 Å². The first-order chi connectivity index (χ1) is 8.85. The van der Waals surface area contributed by atoms with Crippen LogP contribution >= 0.6 is 0 Å². The highest BCUT2D eigenvalue weighted by Gasteiger charge is 2.23. The second kappa shape index (κ2) is 6.30. The molecular weight excluding hydrogens is 256 g/mol. The maximum absolute atomic E-state index is 11.6. The van der Waals surface area contributed by atoms with Gasteiger partial charge in [0.1, 0.15) is 4.92 Å². The van der Waals surface area contributed by atoms with Crippen LogP contribution in [0.2, 0.25) is 0 Å². The molecule has 8 heteroatoms. The van der Waals surface area contributed by atoms with Crippen molar-refractivity contribution in [2.45, 2.75) is 18.9 Å². The van der Waals surface area contributed by atoms with Crippen molar-refractivity contribution in [2.75, 3.05) is 20.3 Å². The molecular formula is C11H16N2O6. The van der Waals surface area contributed by atoms with Gasteiger partial charge in [-0.3, -0.25) is 14.9 Å². The summed E-state index contributed by atoms with van der Waals surface area (Å²) in [6.07, 6.45) is 0.349. The Kier molecular flexibility index (Phi) is 5.02. The first-order valence-electron chi connectivity index (χ1n) is 5.59. The molecule has 0 saturated carbocycles. The van der Waals surface area contributed by atoms with E-state index in [1.807, 2.05) is 0 Å². The highest BCUT2D eigenvalue weighted by molar-refractivity contribution is 5.91. The molecule has 1 heterocycles. The Balaban J connectivity index is 2.52. The number of methoxy groups -OCH3 is 1. The Morgan fingerprint density at radius 1 is 1.63 bits per heavy atom. The van der Waals surface area contributed by atoms with Crippen molar-refractivity contribution in [3.05, 3.63) is 28.0 Å². The van der Waals surface area contributed by atoms with Crippen LogP contribution in [0.15, 0.2) is 16.5 Å². The quantitative estimate of drug-likeness (QED) is 0.558. The minimum atomic E-state index is -1.12. The van der Waals surface area contributed by atoms with Crippen molar-refractivity contribution in [3.8, 4) is 0 Å². The summed E-state index contributed by atoms with van der Waals surface area (Å²) >= 11 is 0. The summed E-state index contributed by atoms with van der Waals surface area (Å²) in [5.41, 5.74) is -1.12. The zero-order valence-electron chi connectivity index (χ0n) is 10.7. The molecule has 0 aliphatic heterocycles. The van der Waals surface area contributed by atoms with E-state index in [1.165, 1.54) is 13.2 Å². The van der Waals surface area contributed by atoms with Crippen molar-refractivity contribution in [2.24, 2.45) is 0 Å². The number of nitrogens with one attached hydrogen (secondary N) is 1. The van der Waals surface area contributed by atoms with Gasteiger partial charge in [-0.25, -0.2) is 0 Å². The number of furan rings is 1. The Morgan fingerprint density at radius 3 is 2.84 bits per heavy atom.